The molecular weight excluding hydrogens is 285 g/mol. The first-order valence-electron chi connectivity index (χ1n) is 6.80. The van der Waals surface area contributed by atoms with Gasteiger partial charge in [0.2, 0.25) is 0 Å². The molecule has 0 aromatic heterocycles. The Bertz CT molecular complexity index is 613. The highest BCUT2D eigenvalue weighted by molar-refractivity contribution is 7.99. The van der Waals surface area contributed by atoms with Crippen LogP contribution in [-0.2, 0) is 0 Å². The maximum Gasteiger partial charge on any atom is 0.124 e. The summed E-state index contributed by atoms with van der Waals surface area (Å²) in [6, 6.07) is 10.5. The van der Waals surface area contributed by atoms with Crippen molar-refractivity contribution in [2.45, 2.75) is 24.8 Å². The van der Waals surface area contributed by atoms with Crippen molar-refractivity contribution in [3.8, 4) is 5.75 Å². The Morgan fingerprint density at radius 3 is 2.48 bits per heavy atom. The van der Waals surface area contributed by atoms with Gasteiger partial charge in [-0.05, 0) is 55.3 Å². The van der Waals surface area contributed by atoms with Gasteiger partial charge < -0.3 is 10.5 Å². The van der Waals surface area contributed by atoms with Crippen molar-refractivity contribution in [3.63, 3.8) is 0 Å². The lowest BCUT2D eigenvalue weighted by Gasteiger charge is -2.19. The Labute approximate surface area is 129 Å². The third kappa shape index (κ3) is 3.99. The smallest absolute Gasteiger partial charge is 0.124 e. The minimum Gasteiger partial charge on any atom is -0.496 e. The second-order valence-electron chi connectivity index (χ2n) is 5.07. The average Bonchev–Trinajstić information content (AvgIpc) is 2.45. The van der Waals surface area contributed by atoms with E-state index in [1.54, 1.807) is 31.0 Å². The average molecular weight is 305 g/mol. The van der Waals surface area contributed by atoms with E-state index in [4.69, 9.17) is 10.5 Å². The van der Waals surface area contributed by atoms with E-state index in [1.165, 1.54) is 12.1 Å². The molecule has 0 aliphatic heterocycles. The molecule has 2 aromatic rings. The molecule has 0 saturated carbocycles. The maximum atomic E-state index is 12.9. The van der Waals surface area contributed by atoms with Crippen LogP contribution in [0.3, 0.4) is 0 Å². The minimum absolute atomic E-state index is 0.129. The molecule has 0 aliphatic carbocycles. The van der Waals surface area contributed by atoms with Crippen molar-refractivity contribution < 1.29 is 9.13 Å². The Balaban J connectivity index is 2.13. The van der Waals surface area contributed by atoms with Gasteiger partial charge >= 0.3 is 0 Å². The van der Waals surface area contributed by atoms with Crippen LogP contribution in [0.5, 0.6) is 5.75 Å². The highest BCUT2D eigenvalue weighted by Crippen LogP contribution is 2.32. The first-order valence-corrected chi connectivity index (χ1v) is 7.79. The fourth-order valence-corrected chi connectivity index (χ4v) is 3.25. The molecule has 0 saturated heterocycles. The number of nitrogens with two attached hydrogens (primary N) is 1. The number of methoxy groups -OCH3 is 1. The van der Waals surface area contributed by atoms with Crippen molar-refractivity contribution in [3.05, 3.63) is 58.9 Å². The zero-order chi connectivity index (χ0) is 15.4. The van der Waals surface area contributed by atoms with E-state index < -0.39 is 0 Å². The van der Waals surface area contributed by atoms with Crippen LogP contribution in [-0.4, -0.2) is 12.9 Å². The number of thioether (sulfide) groups is 1. The number of aryl methyl sites for hydroxylation is 2. The first-order chi connectivity index (χ1) is 10.0. The van der Waals surface area contributed by atoms with Crippen molar-refractivity contribution >= 4 is 11.8 Å². The summed E-state index contributed by atoms with van der Waals surface area (Å²) >= 11 is 1.62. The Hall–Kier alpha value is -1.52. The van der Waals surface area contributed by atoms with Gasteiger partial charge in [0.15, 0.2) is 0 Å². The van der Waals surface area contributed by atoms with Gasteiger partial charge in [-0.1, -0.05) is 6.07 Å². The minimum atomic E-state index is -0.223. The van der Waals surface area contributed by atoms with Crippen molar-refractivity contribution in [2.75, 3.05) is 12.9 Å². The second kappa shape index (κ2) is 6.96. The Morgan fingerprint density at radius 2 is 1.86 bits per heavy atom. The van der Waals surface area contributed by atoms with E-state index in [0.29, 0.717) is 5.75 Å². The fourth-order valence-electron chi connectivity index (χ4n) is 2.38. The summed E-state index contributed by atoms with van der Waals surface area (Å²) in [5.74, 6) is 1.32. The zero-order valence-corrected chi connectivity index (χ0v) is 13.3. The standard InChI is InChI=1S/C17H20FNOS/c1-11-8-12(2)17(16(9-11)20-3)15(19)10-21-14-6-4-13(18)5-7-14/h4-9,15H,10,19H2,1-3H3. The normalized spacial score (nSPS) is 12.2. The summed E-state index contributed by atoms with van der Waals surface area (Å²) in [6.07, 6.45) is 0. The largest absolute Gasteiger partial charge is 0.496 e. The van der Waals surface area contributed by atoms with Crippen molar-refractivity contribution in [2.24, 2.45) is 5.73 Å². The molecule has 2 aromatic carbocycles. The zero-order valence-electron chi connectivity index (χ0n) is 12.5. The molecule has 2 N–H and O–H groups in total. The van der Waals surface area contributed by atoms with Gasteiger partial charge in [0.05, 0.1) is 7.11 Å². The third-order valence-corrected chi connectivity index (χ3v) is 4.46. The van der Waals surface area contributed by atoms with Gasteiger partial charge in [0, 0.05) is 22.3 Å². The molecule has 0 fully saturated rings. The van der Waals surface area contributed by atoms with Gasteiger partial charge in [-0.3, -0.25) is 0 Å². The molecule has 0 heterocycles. The van der Waals surface area contributed by atoms with Gasteiger partial charge in [0.1, 0.15) is 11.6 Å². The SMILES string of the molecule is COc1cc(C)cc(C)c1C(N)CSc1ccc(F)cc1. The molecule has 0 spiro atoms. The molecule has 1 unspecified atom stereocenters. The van der Waals surface area contributed by atoms with Crippen LogP contribution in [0.15, 0.2) is 41.3 Å². The predicted octanol–water partition coefficient (Wildman–Crippen LogP) is 4.24. The lowest BCUT2D eigenvalue weighted by molar-refractivity contribution is 0.406. The summed E-state index contributed by atoms with van der Waals surface area (Å²) in [4.78, 5) is 1.01. The van der Waals surface area contributed by atoms with E-state index in [-0.39, 0.29) is 11.9 Å². The van der Waals surface area contributed by atoms with Crippen LogP contribution < -0.4 is 10.5 Å². The molecule has 21 heavy (non-hydrogen) atoms. The molecule has 2 nitrogen and oxygen atoms in total. The first kappa shape index (κ1) is 15.9. The van der Waals surface area contributed by atoms with Crippen LogP contribution >= 0.6 is 11.8 Å². The van der Waals surface area contributed by atoms with Gasteiger partial charge in [-0.25, -0.2) is 4.39 Å². The van der Waals surface area contributed by atoms with Crippen molar-refractivity contribution in [1.29, 1.82) is 0 Å². The van der Waals surface area contributed by atoms with E-state index in [1.807, 2.05) is 19.9 Å². The monoisotopic (exact) mass is 305 g/mol. The van der Waals surface area contributed by atoms with E-state index in [2.05, 4.69) is 6.07 Å². The van der Waals surface area contributed by atoms with Crippen LogP contribution in [0.1, 0.15) is 22.7 Å². The van der Waals surface area contributed by atoms with Gasteiger partial charge in [-0.2, -0.15) is 0 Å². The highest BCUT2D eigenvalue weighted by Gasteiger charge is 2.15. The number of ether oxygens (including phenoxy) is 1. The lowest BCUT2D eigenvalue weighted by Crippen LogP contribution is -2.16. The molecule has 0 radical (unpaired) electrons. The number of halogens is 1. The highest BCUT2D eigenvalue weighted by atomic mass is 32.2. The van der Waals surface area contributed by atoms with E-state index >= 15 is 0 Å². The summed E-state index contributed by atoms with van der Waals surface area (Å²) in [6.45, 7) is 4.09. The predicted molar refractivity (Wildman–Crippen MR) is 86.5 cm³/mol. The molecule has 0 amide bonds. The summed E-state index contributed by atoms with van der Waals surface area (Å²) in [5.41, 5.74) is 9.66. The quantitative estimate of drug-likeness (QED) is 0.839. The van der Waals surface area contributed by atoms with Crippen LogP contribution in [0.4, 0.5) is 4.39 Å². The molecule has 2 rings (SSSR count). The number of hydrogen-bond acceptors (Lipinski definition) is 3. The van der Waals surface area contributed by atoms with Gasteiger partial charge in [-0.15, -0.1) is 11.8 Å². The third-order valence-electron chi connectivity index (χ3n) is 3.33. The molecule has 0 aliphatic rings. The fraction of sp³-hybridized carbons (Fsp3) is 0.294. The summed E-state index contributed by atoms with van der Waals surface area (Å²) in [7, 11) is 1.66. The van der Waals surface area contributed by atoms with E-state index in [9.17, 15) is 4.39 Å². The Morgan fingerprint density at radius 1 is 1.19 bits per heavy atom. The van der Waals surface area contributed by atoms with Crippen LogP contribution in [0.2, 0.25) is 0 Å². The lowest BCUT2D eigenvalue weighted by atomic mass is 9.99. The molecule has 4 heteroatoms. The summed E-state index contributed by atoms with van der Waals surface area (Å²) in [5, 5.41) is 0. The topological polar surface area (TPSA) is 35.2 Å². The molecule has 112 valence electrons. The number of rotatable bonds is 5. The molecular formula is C17H20FNOS. The Kier molecular flexibility index (Phi) is 5.26. The van der Waals surface area contributed by atoms with Crippen LogP contribution in [0.25, 0.3) is 0 Å². The van der Waals surface area contributed by atoms with E-state index in [0.717, 1.165) is 27.3 Å². The second-order valence-corrected chi connectivity index (χ2v) is 6.16. The van der Waals surface area contributed by atoms with Crippen molar-refractivity contribution in [1.82, 2.24) is 0 Å². The molecule has 0 bridgehead atoms. The number of hydrogen-bond donors (Lipinski definition) is 1. The summed E-state index contributed by atoms with van der Waals surface area (Å²) < 4.78 is 18.3. The van der Waals surface area contributed by atoms with Crippen LogP contribution in [0, 0.1) is 19.7 Å². The maximum absolute atomic E-state index is 12.9. The number of benzene rings is 2. The van der Waals surface area contributed by atoms with Gasteiger partial charge in [0.25, 0.3) is 0 Å². The molecule has 1 atom stereocenters.